The molecule has 1 aromatic rings. The topological polar surface area (TPSA) is 72.4 Å². The summed E-state index contributed by atoms with van der Waals surface area (Å²) in [6.45, 7) is 7.91. The number of aromatic nitrogens is 2. The van der Waals surface area contributed by atoms with E-state index in [0.717, 1.165) is 19.3 Å². The molecular formula is C16H24ClN3O3S. The summed E-state index contributed by atoms with van der Waals surface area (Å²) in [5, 5.41) is 0.494. The maximum absolute atomic E-state index is 12.6. The Morgan fingerprint density at radius 3 is 2.75 bits per heavy atom. The largest absolute Gasteiger partial charge is 0.444 e. The van der Waals surface area contributed by atoms with Crippen LogP contribution in [0.4, 0.5) is 4.79 Å². The Labute approximate surface area is 150 Å². The van der Waals surface area contributed by atoms with E-state index >= 15 is 0 Å². The summed E-state index contributed by atoms with van der Waals surface area (Å²) < 4.78 is 18.1. The summed E-state index contributed by atoms with van der Waals surface area (Å²) in [5.41, 5.74) is 0.122. The van der Waals surface area contributed by atoms with E-state index < -0.39 is 16.4 Å². The van der Waals surface area contributed by atoms with Crippen LogP contribution in [-0.2, 0) is 15.5 Å². The zero-order valence-electron chi connectivity index (χ0n) is 14.5. The number of halogens is 1. The first-order chi connectivity index (χ1) is 11.2. The fourth-order valence-corrected chi connectivity index (χ4v) is 4.17. The predicted octanol–water partition coefficient (Wildman–Crippen LogP) is 3.34. The number of hydrogen-bond acceptors (Lipinski definition) is 5. The minimum absolute atomic E-state index is 0.141. The maximum Gasteiger partial charge on any atom is 0.410 e. The number of ether oxygens (including phenoxy) is 1. The van der Waals surface area contributed by atoms with Crippen LogP contribution < -0.4 is 0 Å². The summed E-state index contributed by atoms with van der Waals surface area (Å²) in [7, 11) is -1.42. The van der Waals surface area contributed by atoms with Gasteiger partial charge in [-0.25, -0.2) is 14.8 Å². The van der Waals surface area contributed by atoms with Gasteiger partial charge in [0.1, 0.15) is 10.8 Å². The van der Waals surface area contributed by atoms with E-state index in [1.807, 2.05) is 20.8 Å². The van der Waals surface area contributed by atoms with Crippen LogP contribution in [0.2, 0.25) is 5.15 Å². The second-order valence-electron chi connectivity index (χ2n) is 6.95. The molecule has 2 heterocycles. The molecule has 0 saturated carbocycles. The lowest BCUT2D eigenvalue weighted by molar-refractivity contribution is 0.0125. The van der Waals surface area contributed by atoms with Crippen molar-refractivity contribution in [3.05, 3.63) is 16.9 Å². The molecule has 0 radical (unpaired) electrons. The van der Waals surface area contributed by atoms with Crippen molar-refractivity contribution in [2.45, 2.75) is 63.8 Å². The predicted molar refractivity (Wildman–Crippen MR) is 93.6 cm³/mol. The number of piperidine rings is 1. The normalized spacial score (nSPS) is 19.9. The third-order valence-corrected chi connectivity index (χ3v) is 5.08. The molecule has 1 aliphatic rings. The van der Waals surface area contributed by atoms with E-state index in [1.165, 1.54) is 0 Å². The lowest BCUT2D eigenvalue weighted by atomic mass is 10.0. The molecule has 0 N–H and O–H groups in total. The quantitative estimate of drug-likeness (QED) is 0.600. The molecule has 0 spiro atoms. The zero-order valence-corrected chi connectivity index (χ0v) is 16.1. The molecule has 2 rings (SSSR count). The summed E-state index contributed by atoms with van der Waals surface area (Å²) in [5.74, 6) is 0.291. The molecule has 1 aliphatic heterocycles. The number of amides is 1. The minimum Gasteiger partial charge on any atom is -0.444 e. The number of carbonyl (C=O) groups is 1. The highest BCUT2D eigenvalue weighted by Gasteiger charge is 2.32. The van der Waals surface area contributed by atoms with E-state index in [4.69, 9.17) is 16.3 Å². The molecule has 0 aliphatic carbocycles. The highest BCUT2D eigenvalue weighted by Crippen LogP contribution is 2.22. The summed E-state index contributed by atoms with van der Waals surface area (Å²) in [6.07, 6.45) is 2.36. The SMILES string of the molecule is Cc1cc(Cl)nc([S@](=O)C[C@H]2CCCCN2C(=O)OC(C)(C)C)n1. The van der Waals surface area contributed by atoms with Gasteiger partial charge in [0, 0.05) is 18.3 Å². The molecule has 0 unspecified atom stereocenters. The average molecular weight is 374 g/mol. The maximum atomic E-state index is 12.6. The number of carbonyl (C=O) groups excluding carboxylic acids is 1. The van der Waals surface area contributed by atoms with Gasteiger partial charge in [-0.15, -0.1) is 0 Å². The molecule has 134 valence electrons. The van der Waals surface area contributed by atoms with Gasteiger partial charge in [0.15, 0.2) is 0 Å². The second-order valence-corrected chi connectivity index (χ2v) is 8.73. The van der Waals surface area contributed by atoms with Crippen molar-refractivity contribution >= 4 is 28.5 Å². The van der Waals surface area contributed by atoms with Crippen molar-refractivity contribution in [2.24, 2.45) is 0 Å². The van der Waals surface area contributed by atoms with Gasteiger partial charge in [-0.2, -0.15) is 0 Å². The Morgan fingerprint density at radius 2 is 2.12 bits per heavy atom. The monoisotopic (exact) mass is 373 g/mol. The van der Waals surface area contributed by atoms with Gasteiger partial charge in [-0.3, -0.25) is 4.21 Å². The van der Waals surface area contributed by atoms with E-state index in [2.05, 4.69) is 9.97 Å². The van der Waals surface area contributed by atoms with Gasteiger partial charge >= 0.3 is 6.09 Å². The Morgan fingerprint density at radius 1 is 1.42 bits per heavy atom. The van der Waals surface area contributed by atoms with Crippen LogP contribution in [0.15, 0.2) is 11.2 Å². The van der Waals surface area contributed by atoms with Crippen molar-refractivity contribution in [1.82, 2.24) is 14.9 Å². The fourth-order valence-electron chi connectivity index (χ4n) is 2.59. The Balaban J connectivity index is 2.10. The molecule has 2 atom stereocenters. The van der Waals surface area contributed by atoms with Gasteiger partial charge in [0.25, 0.3) is 0 Å². The number of nitrogens with zero attached hydrogens (tertiary/aromatic N) is 3. The number of rotatable bonds is 3. The first-order valence-corrected chi connectivity index (χ1v) is 9.74. The third-order valence-electron chi connectivity index (χ3n) is 3.60. The van der Waals surface area contributed by atoms with Crippen molar-refractivity contribution in [2.75, 3.05) is 12.3 Å². The molecule has 1 saturated heterocycles. The first kappa shape index (κ1) is 19.1. The lowest BCUT2D eigenvalue weighted by Crippen LogP contribution is -2.48. The van der Waals surface area contributed by atoms with E-state index in [-0.39, 0.29) is 22.4 Å². The molecule has 1 fully saturated rings. The summed E-state index contributed by atoms with van der Waals surface area (Å²) in [6, 6.07) is 1.48. The van der Waals surface area contributed by atoms with Gasteiger partial charge in [-0.1, -0.05) is 11.6 Å². The molecule has 8 heteroatoms. The van der Waals surface area contributed by atoms with Gasteiger partial charge < -0.3 is 9.64 Å². The van der Waals surface area contributed by atoms with Crippen LogP contribution in [0.25, 0.3) is 0 Å². The van der Waals surface area contributed by atoms with E-state index in [1.54, 1.807) is 17.9 Å². The Hall–Kier alpha value is -1.21. The Bertz CT molecular complexity index is 613. The van der Waals surface area contributed by atoms with Crippen molar-refractivity contribution < 1.29 is 13.7 Å². The van der Waals surface area contributed by atoms with Crippen LogP contribution in [0, 0.1) is 6.92 Å². The molecule has 0 aromatic carbocycles. The lowest BCUT2D eigenvalue weighted by Gasteiger charge is -2.36. The zero-order chi connectivity index (χ0) is 17.9. The van der Waals surface area contributed by atoms with E-state index in [9.17, 15) is 9.00 Å². The summed E-state index contributed by atoms with van der Waals surface area (Å²) in [4.78, 5) is 22.3. The molecule has 0 bridgehead atoms. The van der Waals surface area contributed by atoms with Crippen molar-refractivity contribution in [3.63, 3.8) is 0 Å². The minimum atomic E-state index is -1.42. The van der Waals surface area contributed by atoms with Crippen LogP contribution in [0.1, 0.15) is 45.7 Å². The highest BCUT2D eigenvalue weighted by atomic mass is 35.5. The van der Waals surface area contributed by atoms with E-state index in [0.29, 0.717) is 18.0 Å². The van der Waals surface area contributed by atoms with Gasteiger partial charge in [0.05, 0.1) is 16.6 Å². The second kappa shape index (κ2) is 7.78. The van der Waals surface area contributed by atoms with Crippen LogP contribution in [0.3, 0.4) is 0 Å². The standard InChI is InChI=1S/C16H24ClN3O3S/c1-11-9-13(17)19-14(18-11)24(22)10-12-7-5-6-8-20(12)15(21)23-16(2,3)4/h9,12H,5-8,10H2,1-4H3/t12-,24-/m1/s1. The molecule has 1 amide bonds. The van der Waals surface area contributed by atoms with Crippen LogP contribution in [-0.4, -0.2) is 49.1 Å². The molecule has 1 aromatic heterocycles. The molecular weight excluding hydrogens is 350 g/mol. The third kappa shape index (κ3) is 5.41. The molecule has 24 heavy (non-hydrogen) atoms. The Kier molecular flexibility index (Phi) is 6.20. The number of aryl methyl sites for hydroxylation is 1. The highest BCUT2D eigenvalue weighted by molar-refractivity contribution is 7.84. The smallest absolute Gasteiger partial charge is 0.410 e. The van der Waals surface area contributed by atoms with Crippen LogP contribution >= 0.6 is 11.6 Å². The van der Waals surface area contributed by atoms with Crippen LogP contribution in [0.5, 0.6) is 0 Å². The van der Waals surface area contributed by atoms with Gasteiger partial charge in [-0.05, 0) is 53.0 Å². The first-order valence-electron chi connectivity index (χ1n) is 8.05. The number of hydrogen-bond donors (Lipinski definition) is 0. The number of likely N-dealkylation sites (tertiary alicyclic amines) is 1. The van der Waals surface area contributed by atoms with Crippen molar-refractivity contribution in [3.8, 4) is 0 Å². The average Bonchev–Trinajstić information content (AvgIpc) is 2.44. The van der Waals surface area contributed by atoms with Gasteiger partial charge in [0.2, 0.25) is 5.16 Å². The molecule has 6 nitrogen and oxygen atoms in total. The summed E-state index contributed by atoms with van der Waals surface area (Å²) >= 11 is 5.92. The fraction of sp³-hybridized carbons (Fsp3) is 0.688. The van der Waals surface area contributed by atoms with Crippen molar-refractivity contribution in [1.29, 1.82) is 0 Å².